The summed E-state index contributed by atoms with van der Waals surface area (Å²) in [6, 6.07) is 3.33. The van der Waals surface area contributed by atoms with Crippen LogP contribution in [-0.2, 0) is 4.74 Å². The number of carbonyl (C=O) groups is 1. The fourth-order valence-corrected chi connectivity index (χ4v) is 2.01. The quantitative estimate of drug-likeness (QED) is 0.835. The van der Waals surface area contributed by atoms with Crippen molar-refractivity contribution in [2.24, 2.45) is 0 Å². The second kappa shape index (κ2) is 4.36. The van der Waals surface area contributed by atoms with Gasteiger partial charge in [0.05, 0.1) is 27.7 Å². The lowest BCUT2D eigenvalue weighted by molar-refractivity contribution is 0.0529. The lowest BCUT2D eigenvalue weighted by Gasteiger charge is -2.01. The van der Waals surface area contributed by atoms with Gasteiger partial charge in [-0.05, 0) is 19.1 Å². The Morgan fingerprint density at radius 2 is 2.06 bits per heavy atom. The van der Waals surface area contributed by atoms with Gasteiger partial charge in [-0.15, -0.1) is 0 Å². The maximum Gasteiger partial charge on any atom is 0.340 e. The summed E-state index contributed by atoms with van der Waals surface area (Å²) in [5.41, 5.74) is 1.06. The van der Waals surface area contributed by atoms with Crippen molar-refractivity contribution >= 4 is 40.1 Å². The maximum absolute atomic E-state index is 11.6. The lowest BCUT2D eigenvalue weighted by Crippen LogP contribution is -2.03. The van der Waals surface area contributed by atoms with Crippen molar-refractivity contribution in [3.63, 3.8) is 0 Å². The summed E-state index contributed by atoms with van der Waals surface area (Å²) >= 11 is 12.0. The molecule has 0 fully saturated rings. The fraction of sp³-hybridized carbons (Fsp3) is 0.182. The third-order valence-electron chi connectivity index (χ3n) is 2.23. The van der Waals surface area contributed by atoms with Gasteiger partial charge in [-0.25, -0.2) is 4.79 Å². The molecule has 0 radical (unpaired) electrons. The van der Waals surface area contributed by atoms with Gasteiger partial charge in [0.25, 0.3) is 0 Å². The molecule has 3 nitrogen and oxygen atoms in total. The average molecular weight is 258 g/mol. The van der Waals surface area contributed by atoms with Crippen LogP contribution < -0.4 is 0 Å². The van der Waals surface area contributed by atoms with Gasteiger partial charge in [0, 0.05) is 11.6 Å². The fourth-order valence-electron chi connectivity index (χ4n) is 1.54. The van der Waals surface area contributed by atoms with E-state index in [0.29, 0.717) is 33.1 Å². The first kappa shape index (κ1) is 11.3. The normalized spacial score (nSPS) is 10.7. The van der Waals surface area contributed by atoms with Gasteiger partial charge in [-0.3, -0.25) is 0 Å². The van der Waals surface area contributed by atoms with Crippen molar-refractivity contribution in [2.75, 3.05) is 6.61 Å². The van der Waals surface area contributed by atoms with Crippen LogP contribution in [0.1, 0.15) is 17.3 Å². The molecule has 0 unspecified atom stereocenters. The second-order valence-corrected chi connectivity index (χ2v) is 4.02. The molecule has 0 atom stereocenters. The van der Waals surface area contributed by atoms with Gasteiger partial charge in [0.15, 0.2) is 0 Å². The van der Waals surface area contributed by atoms with E-state index in [-0.39, 0.29) is 0 Å². The van der Waals surface area contributed by atoms with E-state index in [2.05, 4.69) is 4.98 Å². The number of aromatic amines is 1. The Hall–Kier alpha value is -1.19. The number of carbonyl (C=O) groups excluding carboxylic acids is 1. The molecule has 16 heavy (non-hydrogen) atoms. The number of benzene rings is 1. The molecule has 84 valence electrons. The Kier molecular flexibility index (Phi) is 3.08. The van der Waals surface area contributed by atoms with Crippen LogP contribution in [0.2, 0.25) is 10.0 Å². The van der Waals surface area contributed by atoms with Crippen LogP contribution in [0.3, 0.4) is 0 Å². The van der Waals surface area contributed by atoms with Crippen LogP contribution >= 0.6 is 23.2 Å². The van der Waals surface area contributed by atoms with E-state index in [4.69, 9.17) is 27.9 Å². The second-order valence-electron chi connectivity index (χ2n) is 3.20. The monoisotopic (exact) mass is 257 g/mol. The predicted molar refractivity (Wildman–Crippen MR) is 64.3 cm³/mol. The van der Waals surface area contributed by atoms with Crippen LogP contribution in [0.25, 0.3) is 10.9 Å². The third kappa shape index (κ3) is 1.77. The zero-order chi connectivity index (χ0) is 11.7. The number of rotatable bonds is 2. The summed E-state index contributed by atoms with van der Waals surface area (Å²) in [4.78, 5) is 14.6. The molecule has 0 saturated heterocycles. The van der Waals surface area contributed by atoms with Crippen LogP contribution in [-0.4, -0.2) is 17.6 Å². The van der Waals surface area contributed by atoms with Gasteiger partial charge in [-0.2, -0.15) is 0 Å². The number of H-pyrrole nitrogens is 1. The first-order chi connectivity index (χ1) is 7.65. The highest BCUT2D eigenvalue weighted by molar-refractivity contribution is 6.41. The lowest BCUT2D eigenvalue weighted by atomic mass is 10.2. The topological polar surface area (TPSA) is 42.1 Å². The molecule has 0 aliphatic heterocycles. The Morgan fingerprint density at radius 3 is 2.75 bits per heavy atom. The summed E-state index contributed by atoms with van der Waals surface area (Å²) in [5, 5.41) is 1.60. The Balaban J connectivity index is 2.64. The van der Waals surface area contributed by atoms with Crippen molar-refractivity contribution in [2.45, 2.75) is 6.92 Å². The Morgan fingerprint density at radius 1 is 1.38 bits per heavy atom. The number of halogens is 2. The van der Waals surface area contributed by atoms with Crippen molar-refractivity contribution < 1.29 is 9.53 Å². The van der Waals surface area contributed by atoms with Gasteiger partial charge in [0.1, 0.15) is 0 Å². The minimum atomic E-state index is -0.405. The predicted octanol–water partition coefficient (Wildman–Crippen LogP) is 3.65. The zero-order valence-electron chi connectivity index (χ0n) is 8.51. The summed E-state index contributed by atoms with van der Waals surface area (Å²) in [7, 11) is 0. The van der Waals surface area contributed by atoms with Crippen LogP contribution in [0.4, 0.5) is 0 Å². The summed E-state index contributed by atoms with van der Waals surface area (Å²) < 4.78 is 4.93. The average Bonchev–Trinajstić information content (AvgIpc) is 2.69. The number of fused-ring (bicyclic) bond motifs is 1. The van der Waals surface area contributed by atoms with Crippen LogP contribution in [0.15, 0.2) is 18.3 Å². The summed E-state index contributed by atoms with van der Waals surface area (Å²) in [6.45, 7) is 2.07. The number of nitrogens with one attached hydrogen (secondary N) is 1. The smallest absolute Gasteiger partial charge is 0.340 e. The van der Waals surface area contributed by atoms with Gasteiger partial charge in [-0.1, -0.05) is 23.2 Å². The number of hydrogen-bond donors (Lipinski definition) is 1. The van der Waals surface area contributed by atoms with Gasteiger partial charge < -0.3 is 9.72 Å². The Bertz CT molecular complexity index is 548. The molecule has 2 rings (SSSR count). The minimum absolute atomic E-state index is 0.323. The molecular weight excluding hydrogens is 249 g/mol. The maximum atomic E-state index is 11.6. The highest BCUT2D eigenvalue weighted by Gasteiger charge is 2.16. The zero-order valence-corrected chi connectivity index (χ0v) is 10.0. The standard InChI is InChI=1S/C11H9Cl2NO2/c1-2-16-11(15)6-5-14-10-8(13)4-3-7(12)9(6)10/h3-5,14H,2H2,1H3. The highest BCUT2D eigenvalue weighted by Crippen LogP contribution is 2.32. The van der Waals surface area contributed by atoms with Gasteiger partial charge in [0.2, 0.25) is 0 Å². The van der Waals surface area contributed by atoms with Crippen LogP contribution in [0.5, 0.6) is 0 Å². The molecule has 0 bridgehead atoms. The largest absolute Gasteiger partial charge is 0.462 e. The molecule has 0 aliphatic rings. The molecular formula is C11H9Cl2NO2. The summed E-state index contributed by atoms with van der Waals surface area (Å²) in [5.74, 6) is -0.405. The minimum Gasteiger partial charge on any atom is -0.462 e. The molecule has 0 saturated carbocycles. The third-order valence-corrected chi connectivity index (χ3v) is 2.86. The van der Waals surface area contributed by atoms with Crippen molar-refractivity contribution in [3.8, 4) is 0 Å². The van der Waals surface area contributed by atoms with E-state index >= 15 is 0 Å². The van der Waals surface area contributed by atoms with E-state index in [0.717, 1.165) is 0 Å². The molecule has 2 aromatic rings. The molecule has 0 spiro atoms. The van der Waals surface area contributed by atoms with E-state index < -0.39 is 5.97 Å². The molecule has 1 N–H and O–H groups in total. The molecule has 5 heteroatoms. The SMILES string of the molecule is CCOC(=O)c1c[nH]c2c(Cl)ccc(Cl)c12. The Labute approximate surface area is 102 Å². The van der Waals surface area contributed by atoms with Crippen molar-refractivity contribution in [3.05, 3.63) is 33.9 Å². The van der Waals surface area contributed by atoms with E-state index in [1.54, 1.807) is 25.3 Å². The number of aromatic nitrogens is 1. The molecule has 0 amide bonds. The van der Waals surface area contributed by atoms with Gasteiger partial charge >= 0.3 is 5.97 Å². The first-order valence-corrected chi connectivity index (χ1v) is 5.53. The van der Waals surface area contributed by atoms with E-state index in [1.165, 1.54) is 0 Å². The molecule has 0 aliphatic carbocycles. The van der Waals surface area contributed by atoms with Crippen molar-refractivity contribution in [1.82, 2.24) is 4.98 Å². The van der Waals surface area contributed by atoms with E-state index in [9.17, 15) is 4.79 Å². The first-order valence-electron chi connectivity index (χ1n) is 4.77. The summed E-state index contributed by atoms with van der Waals surface area (Å²) in [6.07, 6.45) is 1.56. The molecule has 1 aromatic carbocycles. The number of hydrogen-bond acceptors (Lipinski definition) is 2. The molecule has 1 heterocycles. The molecule has 1 aromatic heterocycles. The number of ether oxygens (including phenoxy) is 1. The van der Waals surface area contributed by atoms with Crippen molar-refractivity contribution in [1.29, 1.82) is 0 Å². The van der Waals surface area contributed by atoms with E-state index in [1.807, 2.05) is 0 Å². The van der Waals surface area contributed by atoms with Crippen LogP contribution in [0, 0.1) is 0 Å². The number of esters is 1. The highest BCUT2D eigenvalue weighted by atomic mass is 35.5.